The topological polar surface area (TPSA) is 62.6 Å². The van der Waals surface area contributed by atoms with Crippen molar-refractivity contribution in [3.05, 3.63) is 36.1 Å². The van der Waals surface area contributed by atoms with Gasteiger partial charge in [-0.15, -0.1) is 0 Å². The Morgan fingerprint density at radius 1 is 1.39 bits per heavy atom. The van der Waals surface area contributed by atoms with Crippen molar-refractivity contribution in [2.45, 2.75) is 38.8 Å². The van der Waals surface area contributed by atoms with Crippen LogP contribution < -0.4 is 5.32 Å². The van der Waals surface area contributed by atoms with Crippen LogP contribution in [0.15, 0.2) is 34.7 Å². The molecule has 3 rings (SSSR count). The number of nitrogens with zero attached hydrogens (tertiary/aromatic N) is 1. The minimum Gasteiger partial charge on any atom is -0.459 e. The monoisotopic (exact) mass is 314 g/mol. The molecule has 1 aliphatic rings. The van der Waals surface area contributed by atoms with E-state index in [1.807, 2.05) is 44.2 Å². The number of fused-ring (bicyclic) bond motifs is 1. The van der Waals surface area contributed by atoms with Crippen LogP contribution in [0.3, 0.4) is 0 Å². The van der Waals surface area contributed by atoms with Crippen molar-refractivity contribution in [3.63, 3.8) is 0 Å². The number of piperidine rings is 1. The molecule has 23 heavy (non-hydrogen) atoms. The van der Waals surface area contributed by atoms with Crippen LogP contribution in [0.2, 0.25) is 0 Å². The van der Waals surface area contributed by atoms with Crippen molar-refractivity contribution in [2.24, 2.45) is 5.92 Å². The Balaban J connectivity index is 1.77. The highest BCUT2D eigenvalue weighted by atomic mass is 16.3. The molecule has 2 heterocycles. The Morgan fingerprint density at radius 3 is 2.83 bits per heavy atom. The van der Waals surface area contributed by atoms with E-state index in [0.717, 1.165) is 16.7 Å². The summed E-state index contributed by atoms with van der Waals surface area (Å²) in [5.41, 5.74) is 0.820. The molecule has 1 aliphatic heterocycles. The maximum absolute atomic E-state index is 12.7. The second kappa shape index (κ2) is 6.07. The summed E-state index contributed by atoms with van der Waals surface area (Å²) in [5.74, 6) is 0.456. The molecular formula is C18H22N2O3. The molecule has 0 unspecified atom stereocenters. The first-order valence-electron chi connectivity index (χ1n) is 8.00. The molecule has 2 aromatic rings. The van der Waals surface area contributed by atoms with Gasteiger partial charge in [0.1, 0.15) is 11.3 Å². The molecule has 5 heteroatoms. The summed E-state index contributed by atoms with van der Waals surface area (Å²) >= 11 is 0. The lowest BCUT2D eigenvalue weighted by atomic mass is 9.91. The Kier molecular flexibility index (Phi) is 4.11. The van der Waals surface area contributed by atoms with Gasteiger partial charge in [0, 0.05) is 30.8 Å². The Morgan fingerprint density at radius 2 is 2.13 bits per heavy atom. The molecule has 2 amide bonds. The molecule has 1 aromatic heterocycles. The average molecular weight is 314 g/mol. The molecule has 1 aromatic carbocycles. The number of rotatable bonds is 3. The molecule has 0 radical (unpaired) electrons. The van der Waals surface area contributed by atoms with Crippen molar-refractivity contribution in [1.82, 2.24) is 10.2 Å². The van der Waals surface area contributed by atoms with Crippen LogP contribution in [0, 0.1) is 5.92 Å². The zero-order chi connectivity index (χ0) is 16.6. The van der Waals surface area contributed by atoms with Gasteiger partial charge in [0.15, 0.2) is 0 Å². The highest BCUT2D eigenvalue weighted by Gasteiger charge is 2.33. The van der Waals surface area contributed by atoms with Crippen molar-refractivity contribution in [3.8, 4) is 0 Å². The number of furan rings is 1. The second-order valence-corrected chi connectivity index (χ2v) is 6.42. The highest BCUT2D eigenvalue weighted by molar-refractivity contribution is 5.87. The number of benzene rings is 1. The number of carbonyl (C=O) groups is 2. The van der Waals surface area contributed by atoms with E-state index in [9.17, 15) is 9.59 Å². The Hall–Kier alpha value is -2.30. The number of amides is 2. The quantitative estimate of drug-likeness (QED) is 0.947. The largest absolute Gasteiger partial charge is 0.459 e. The minimum absolute atomic E-state index is 0.000318. The maximum Gasteiger partial charge on any atom is 0.226 e. The van der Waals surface area contributed by atoms with E-state index in [1.165, 1.54) is 0 Å². The number of nitrogens with one attached hydrogen (secondary N) is 1. The number of carbonyl (C=O) groups excluding carboxylic acids is 2. The van der Waals surface area contributed by atoms with Crippen LogP contribution in [0.5, 0.6) is 0 Å². The Labute approximate surface area is 135 Å². The van der Waals surface area contributed by atoms with Gasteiger partial charge < -0.3 is 14.6 Å². The fraction of sp³-hybridized carbons (Fsp3) is 0.444. The van der Waals surface area contributed by atoms with E-state index in [1.54, 1.807) is 11.9 Å². The van der Waals surface area contributed by atoms with E-state index in [0.29, 0.717) is 6.42 Å². The molecule has 0 aliphatic carbocycles. The van der Waals surface area contributed by atoms with Gasteiger partial charge in [0.25, 0.3) is 0 Å². The first-order valence-corrected chi connectivity index (χ1v) is 8.00. The summed E-state index contributed by atoms with van der Waals surface area (Å²) in [4.78, 5) is 26.1. The van der Waals surface area contributed by atoms with Crippen LogP contribution in [-0.4, -0.2) is 29.8 Å². The van der Waals surface area contributed by atoms with Gasteiger partial charge in [-0.05, 0) is 32.4 Å². The zero-order valence-corrected chi connectivity index (χ0v) is 13.7. The number of para-hydroxylation sites is 1. The third-order valence-electron chi connectivity index (χ3n) is 4.61. The second-order valence-electron chi connectivity index (χ2n) is 6.42. The van der Waals surface area contributed by atoms with Crippen molar-refractivity contribution < 1.29 is 14.0 Å². The summed E-state index contributed by atoms with van der Waals surface area (Å²) in [7, 11) is 1.78. The van der Waals surface area contributed by atoms with Gasteiger partial charge >= 0.3 is 0 Å². The summed E-state index contributed by atoms with van der Waals surface area (Å²) < 4.78 is 5.86. The molecule has 0 spiro atoms. The first-order chi connectivity index (χ1) is 11.0. The molecule has 122 valence electrons. The zero-order valence-electron chi connectivity index (χ0n) is 13.7. The molecule has 0 bridgehead atoms. The SMILES string of the molecule is C[C@@H]1C[C@H](C(=O)N(C)[C@@H](C)c2cc3ccccc3o2)CC(=O)N1. The number of hydrogen-bond acceptors (Lipinski definition) is 3. The van der Waals surface area contributed by atoms with Crippen LogP contribution in [0.4, 0.5) is 0 Å². The van der Waals surface area contributed by atoms with E-state index in [-0.39, 0.29) is 36.2 Å². The lowest BCUT2D eigenvalue weighted by Gasteiger charge is -2.32. The third kappa shape index (κ3) is 3.09. The van der Waals surface area contributed by atoms with Crippen LogP contribution in [0.25, 0.3) is 11.0 Å². The van der Waals surface area contributed by atoms with E-state index < -0.39 is 0 Å². The fourth-order valence-corrected chi connectivity index (χ4v) is 3.19. The fourth-order valence-electron chi connectivity index (χ4n) is 3.19. The summed E-state index contributed by atoms with van der Waals surface area (Å²) in [6.07, 6.45) is 0.947. The van der Waals surface area contributed by atoms with Crippen LogP contribution >= 0.6 is 0 Å². The lowest BCUT2D eigenvalue weighted by molar-refractivity contribution is -0.141. The number of hydrogen-bond donors (Lipinski definition) is 1. The summed E-state index contributed by atoms with van der Waals surface area (Å²) in [6, 6.07) is 9.64. The van der Waals surface area contributed by atoms with Gasteiger partial charge in [0.2, 0.25) is 11.8 Å². The standard InChI is InChI=1S/C18H22N2O3/c1-11-8-14(10-17(21)19-11)18(22)20(3)12(2)16-9-13-6-4-5-7-15(13)23-16/h4-7,9,11-12,14H,8,10H2,1-3H3,(H,19,21)/t11-,12+,14+/m1/s1. The lowest BCUT2D eigenvalue weighted by Crippen LogP contribution is -2.46. The van der Waals surface area contributed by atoms with Gasteiger partial charge in [0.05, 0.1) is 6.04 Å². The van der Waals surface area contributed by atoms with Crippen LogP contribution in [0.1, 0.15) is 38.5 Å². The molecule has 1 N–H and O–H groups in total. The highest BCUT2D eigenvalue weighted by Crippen LogP contribution is 2.29. The van der Waals surface area contributed by atoms with Gasteiger partial charge in [-0.3, -0.25) is 9.59 Å². The van der Waals surface area contributed by atoms with Crippen molar-refractivity contribution >= 4 is 22.8 Å². The van der Waals surface area contributed by atoms with Gasteiger partial charge in [-0.2, -0.15) is 0 Å². The van der Waals surface area contributed by atoms with Crippen LogP contribution in [-0.2, 0) is 9.59 Å². The minimum atomic E-state index is -0.254. The molecule has 5 nitrogen and oxygen atoms in total. The molecule has 0 saturated carbocycles. The van der Waals surface area contributed by atoms with E-state index in [2.05, 4.69) is 5.32 Å². The smallest absolute Gasteiger partial charge is 0.226 e. The van der Waals surface area contributed by atoms with E-state index >= 15 is 0 Å². The average Bonchev–Trinajstić information content (AvgIpc) is 2.95. The molecule has 3 atom stereocenters. The van der Waals surface area contributed by atoms with Crippen molar-refractivity contribution in [1.29, 1.82) is 0 Å². The molecule has 1 fully saturated rings. The maximum atomic E-state index is 12.7. The molecule has 1 saturated heterocycles. The predicted molar refractivity (Wildman–Crippen MR) is 87.7 cm³/mol. The molecular weight excluding hydrogens is 292 g/mol. The van der Waals surface area contributed by atoms with E-state index in [4.69, 9.17) is 4.42 Å². The summed E-state index contributed by atoms with van der Waals surface area (Å²) in [6.45, 7) is 3.88. The Bertz CT molecular complexity index is 704. The van der Waals surface area contributed by atoms with Gasteiger partial charge in [-0.25, -0.2) is 0 Å². The summed E-state index contributed by atoms with van der Waals surface area (Å²) in [5, 5.41) is 3.88. The predicted octanol–water partition coefficient (Wildman–Crippen LogP) is 2.87. The first kappa shape index (κ1) is 15.6. The normalized spacial score (nSPS) is 22.7. The van der Waals surface area contributed by atoms with Gasteiger partial charge in [-0.1, -0.05) is 18.2 Å². The third-order valence-corrected chi connectivity index (χ3v) is 4.61. The van der Waals surface area contributed by atoms with Crippen molar-refractivity contribution in [2.75, 3.05) is 7.05 Å².